The summed E-state index contributed by atoms with van der Waals surface area (Å²) in [5.74, 6) is -0.726. The zero-order valence-corrected chi connectivity index (χ0v) is 12.6. The molecule has 19 heavy (non-hydrogen) atoms. The van der Waals surface area contributed by atoms with Crippen molar-refractivity contribution in [3.63, 3.8) is 0 Å². The second-order valence-corrected chi connectivity index (χ2v) is 5.35. The van der Waals surface area contributed by atoms with Crippen molar-refractivity contribution in [3.8, 4) is 0 Å². The lowest BCUT2D eigenvalue weighted by Gasteiger charge is -2.05. The number of hydrogen-bond acceptors (Lipinski definition) is 2. The van der Waals surface area contributed by atoms with Crippen LogP contribution in [0.3, 0.4) is 0 Å². The van der Waals surface area contributed by atoms with Gasteiger partial charge in [-0.3, -0.25) is 9.48 Å². The first-order valence-corrected chi connectivity index (χ1v) is 6.66. The lowest BCUT2D eigenvalue weighted by molar-refractivity contribution is 0.0986. The van der Waals surface area contributed by atoms with Crippen molar-refractivity contribution in [1.29, 1.82) is 0 Å². The zero-order valence-electron chi connectivity index (χ0n) is 11.0. The molecule has 0 amide bonds. The van der Waals surface area contributed by atoms with Gasteiger partial charge in [-0.25, -0.2) is 4.39 Å². The summed E-state index contributed by atoms with van der Waals surface area (Å²) in [6.07, 6.45) is 0.123. The summed E-state index contributed by atoms with van der Waals surface area (Å²) in [6.45, 7) is 3.69. The Morgan fingerprint density at radius 2 is 2.11 bits per heavy atom. The fourth-order valence-electron chi connectivity index (χ4n) is 1.97. The summed E-state index contributed by atoms with van der Waals surface area (Å²) in [6, 6.07) is 4.55. The molecule has 0 fully saturated rings. The fourth-order valence-corrected chi connectivity index (χ4v) is 2.45. The Labute approximate surface area is 119 Å². The van der Waals surface area contributed by atoms with Crippen molar-refractivity contribution >= 4 is 21.7 Å². The third-order valence-electron chi connectivity index (χ3n) is 3.01. The summed E-state index contributed by atoms with van der Waals surface area (Å²) in [5, 5.41) is 4.22. The van der Waals surface area contributed by atoms with Gasteiger partial charge in [0.15, 0.2) is 5.78 Å². The van der Waals surface area contributed by atoms with Crippen LogP contribution in [0.4, 0.5) is 4.39 Å². The molecule has 0 spiro atoms. The number of Topliss-reactive ketones (excluding diaryl/α,β-unsaturated/α-hetero) is 1. The van der Waals surface area contributed by atoms with E-state index >= 15 is 0 Å². The van der Waals surface area contributed by atoms with Gasteiger partial charge in [0.1, 0.15) is 5.82 Å². The van der Waals surface area contributed by atoms with E-state index in [0.717, 1.165) is 21.4 Å². The van der Waals surface area contributed by atoms with Crippen LogP contribution in [0.2, 0.25) is 0 Å². The average Bonchev–Trinajstić information content (AvgIpc) is 2.59. The maximum Gasteiger partial charge on any atom is 0.171 e. The van der Waals surface area contributed by atoms with Crippen LogP contribution in [0.5, 0.6) is 0 Å². The molecule has 0 saturated heterocycles. The zero-order chi connectivity index (χ0) is 14.2. The summed E-state index contributed by atoms with van der Waals surface area (Å²) in [4.78, 5) is 12.2. The molecule has 0 unspecified atom stereocenters. The van der Waals surface area contributed by atoms with Gasteiger partial charge in [0.25, 0.3) is 0 Å². The van der Waals surface area contributed by atoms with Gasteiger partial charge in [0.2, 0.25) is 0 Å². The van der Waals surface area contributed by atoms with Crippen LogP contribution in [0.25, 0.3) is 0 Å². The first kappa shape index (κ1) is 13.9. The minimum Gasteiger partial charge on any atom is -0.294 e. The van der Waals surface area contributed by atoms with Crippen LogP contribution < -0.4 is 0 Å². The molecule has 2 aromatic rings. The Kier molecular flexibility index (Phi) is 3.85. The standard InChI is InChI=1S/C14H14BrFN2O/c1-8-4-5-11(16)10(6-8)13(19)7-12-14(15)9(2)17-18(12)3/h4-6H,7H2,1-3H3. The number of carbonyl (C=O) groups excluding carboxylic acids is 1. The van der Waals surface area contributed by atoms with Gasteiger partial charge in [-0.15, -0.1) is 0 Å². The third kappa shape index (κ3) is 2.76. The number of nitrogens with zero attached hydrogens (tertiary/aromatic N) is 2. The number of ketones is 1. The molecule has 3 nitrogen and oxygen atoms in total. The highest BCUT2D eigenvalue weighted by atomic mass is 79.9. The van der Waals surface area contributed by atoms with Crippen LogP contribution in [0.1, 0.15) is 27.3 Å². The van der Waals surface area contributed by atoms with E-state index in [0.29, 0.717) is 0 Å². The second-order valence-electron chi connectivity index (χ2n) is 4.55. The van der Waals surface area contributed by atoms with Gasteiger partial charge in [0.05, 0.1) is 27.8 Å². The molecule has 0 bridgehead atoms. The van der Waals surface area contributed by atoms with Gasteiger partial charge in [-0.05, 0) is 41.9 Å². The highest BCUT2D eigenvalue weighted by Crippen LogP contribution is 2.22. The maximum atomic E-state index is 13.7. The van der Waals surface area contributed by atoms with Crippen molar-refractivity contribution in [3.05, 3.63) is 51.0 Å². The van der Waals surface area contributed by atoms with Gasteiger partial charge in [-0.2, -0.15) is 5.10 Å². The first-order chi connectivity index (χ1) is 8.90. The molecule has 100 valence electrons. The number of benzene rings is 1. The second kappa shape index (κ2) is 5.25. The predicted octanol–water partition coefficient (Wildman–Crippen LogP) is 3.36. The fraction of sp³-hybridized carbons (Fsp3) is 0.286. The lowest BCUT2D eigenvalue weighted by Crippen LogP contribution is -2.10. The largest absolute Gasteiger partial charge is 0.294 e. The number of carbonyl (C=O) groups is 1. The maximum absolute atomic E-state index is 13.7. The Morgan fingerprint density at radius 3 is 2.68 bits per heavy atom. The molecular formula is C14H14BrFN2O. The Balaban J connectivity index is 2.33. The lowest BCUT2D eigenvalue weighted by atomic mass is 10.0. The van der Waals surface area contributed by atoms with Gasteiger partial charge < -0.3 is 0 Å². The van der Waals surface area contributed by atoms with Crippen LogP contribution >= 0.6 is 15.9 Å². The topological polar surface area (TPSA) is 34.9 Å². The van der Waals surface area contributed by atoms with Crippen LogP contribution in [-0.2, 0) is 13.5 Å². The van der Waals surface area contributed by atoms with E-state index in [9.17, 15) is 9.18 Å². The predicted molar refractivity (Wildman–Crippen MR) is 74.8 cm³/mol. The third-order valence-corrected chi connectivity index (χ3v) is 4.04. The molecular weight excluding hydrogens is 311 g/mol. The Bertz CT molecular complexity index is 649. The highest BCUT2D eigenvalue weighted by Gasteiger charge is 2.18. The first-order valence-electron chi connectivity index (χ1n) is 5.87. The summed E-state index contributed by atoms with van der Waals surface area (Å²) in [5.41, 5.74) is 2.56. The molecule has 1 heterocycles. The van der Waals surface area contributed by atoms with Gasteiger partial charge >= 0.3 is 0 Å². The van der Waals surface area contributed by atoms with Crippen molar-refractivity contribution in [2.24, 2.45) is 7.05 Å². The number of aromatic nitrogens is 2. The number of halogens is 2. The summed E-state index contributed by atoms with van der Waals surface area (Å²) in [7, 11) is 1.77. The highest BCUT2D eigenvalue weighted by molar-refractivity contribution is 9.10. The van der Waals surface area contributed by atoms with Crippen LogP contribution in [0.15, 0.2) is 22.7 Å². The van der Waals surface area contributed by atoms with E-state index in [1.807, 2.05) is 13.8 Å². The van der Waals surface area contributed by atoms with Crippen LogP contribution in [-0.4, -0.2) is 15.6 Å². The minimum atomic E-state index is -0.481. The molecule has 0 radical (unpaired) electrons. The van der Waals surface area contributed by atoms with E-state index in [1.165, 1.54) is 6.07 Å². The monoisotopic (exact) mass is 324 g/mol. The quantitative estimate of drug-likeness (QED) is 0.811. The average molecular weight is 325 g/mol. The van der Waals surface area contributed by atoms with Crippen molar-refractivity contribution in [1.82, 2.24) is 9.78 Å². The molecule has 0 aliphatic heterocycles. The summed E-state index contributed by atoms with van der Waals surface area (Å²) < 4.78 is 16.1. The summed E-state index contributed by atoms with van der Waals surface area (Å²) >= 11 is 3.41. The van der Waals surface area contributed by atoms with Gasteiger partial charge in [-0.1, -0.05) is 11.6 Å². The molecule has 0 saturated carbocycles. The van der Waals surface area contributed by atoms with E-state index in [1.54, 1.807) is 23.9 Å². The molecule has 5 heteroatoms. The molecule has 1 aromatic heterocycles. The molecule has 0 aliphatic carbocycles. The normalized spacial score (nSPS) is 10.8. The number of rotatable bonds is 3. The van der Waals surface area contributed by atoms with Crippen LogP contribution in [0, 0.1) is 19.7 Å². The van der Waals surface area contributed by atoms with E-state index < -0.39 is 5.82 Å². The van der Waals surface area contributed by atoms with E-state index in [2.05, 4.69) is 21.0 Å². The molecule has 1 aromatic carbocycles. The Morgan fingerprint density at radius 1 is 1.42 bits per heavy atom. The molecule has 0 atom stereocenters. The smallest absolute Gasteiger partial charge is 0.171 e. The molecule has 0 N–H and O–H groups in total. The molecule has 0 aliphatic rings. The van der Waals surface area contributed by atoms with E-state index in [4.69, 9.17) is 0 Å². The van der Waals surface area contributed by atoms with E-state index in [-0.39, 0.29) is 17.8 Å². The minimum absolute atomic E-state index is 0.123. The Hall–Kier alpha value is -1.49. The van der Waals surface area contributed by atoms with Gasteiger partial charge in [0, 0.05) is 7.05 Å². The SMILES string of the molecule is Cc1ccc(F)c(C(=O)Cc2c(Br)c(C)nn2C)c1. The number of aryl methyl sites for hydroxylation is 3. The van der Waals surface area contributed by atoms with Crippen molar-refractivity contribution < 1.29 is 9.18 Å². The molecule has 2 rings (SSSR count). The number of hydrogen-bond donors (Lipinski definition) is 0. The van der Waals surface area contributed by atoms with Crippen molar-refractivity contribution in [2.75, 3.05) is 0 Å². The van der Waals surface area contributed by atoms with Crippen molar-refractivity contribution in [2.45, 2.75) is 20.3 Å².